The minimum absolute atomic E-state index is 0.00775. The molecule has 0 atom stereocenters. The van der Waals surface area contributed by atoms with E-state index in [9.17, 15) is 13.2 Å². The second kappa shape index (κ2) is 8.29. The molecule has 7 heteroatoms. The monoisotopic (exact) mass is 414 g/mol. The van der Waals surface area contributed by atoms with Crippen LogP contribution in [0.4, 0.5) is 5.69 Å². The number of anilines is 1. The Labute approximate surface area is 171 Å². The minimum Gasteiger partial charge on any atom is -0.497 e. The summed E-state index contributed by atoms with van der Waals surface area (Å²) in [6, 6.07) is 12.1. The Morgan fingerprint density at radius 3 is 2.55 bits per heavy atom. The van der Waals surface area contributed by atoms with E-state index in [1.807, 2.05) is 25.1 Å². The average molecular weight is 415 g/mol. The van der Waals surface area contributed by atoms with Crippen molar-refractivity contribution in [3.8, 4) is 5.75 Å². The van der Waals surface area contributed by atoms with Gasteiger partial charge in [-0.1, -0.05) is 19.9 Å². The molecular weight excluding hydrogens is 388 g/mol. The number of carbonyl (C=O) groups excluding carboxylic acids is 1. The van der Waals surface area contributed by atoms with Crippen molar-refractivity contribution in [2.75, 3.05) is 18.2 Å². The van der Waals surface area contributed by atoms with Crippen LogP contribution in [0, 0.1) is 6.92 Å². The molecule has 0 radical (unpaired) electrons. The number of hydrogen-bond donors (Lipinski definition) is 1. The average Bonchev–Trinajstić information content (AvgIpc) is 2.99. The number of nitrogens with zero attached hydrogens (tertiary/aromatic N) is 1. The van der Waals surface area contributed by atoms with Gasteiger partial charge in [-0.25, -0.2) is 8.42 Å². The molecule has 0 aliphatic rings. The van der Waals surface area contributed by atoms with Crippen LogP contribution >= 0.6 is 0 Å². The van der Waals surface area contributed by atoms with Crippen LogP contribution in [0.2, 0.25) is 0 Å². The molecule has 0 saturated heterocycles. The topological polar surface area (TPSA) is 77.4 Å². The van der Waals surface area contributed by atoms with Gasteiger partial charge in [0.15, 0.2) is 9.84 Å². The summed E-state index contributed by atoms with van der Waals surface area (Å²) in [5.74, 6) is 0.409. The predicted octanol–water partition coefficient (Wildman–Crippen LogP) is 4.41. The van der Waals surface area contributed by atoms with E-state index in [1.54, 1.807) is 26.2 Å². The fraction of sp³-hybridized carbons (Fsp3) is 0.318. The number of fused-ring (bicyclic) bond motifs is 1. The van der Waals surface area contributed by atoms with Crippen LogP contribution in [0.25, 0.3) is 10.9 Å². The Morgan fingerprint density at radius 2 is 1.90 bits per heavy atom. The first-order valence-electron chi connectivity index (χ1n) is 9.63. The van der Waals surface area contributed by atoms with Crippen molar-refractivity contribution >= 4 is 32.3 Å². The lowest BCUT2D eigenvalue weighted by Crippen LogP contribution is -2.14. The third-order valence-corrected chi connectivity index (χ3v) is 6.77. The van der Waals surface area contributed by atoms with Crippen LogP contribution < -0.4 is 10.1 Å². The van der Waals surface area contributed by atoms with Gasteiger partial charge in [0.25, 0.3) is 5.91 Å². The number of nitrogens with one attached hydrogen (secondary N) is 1. The van der Waals surface area contributed by atoms with Gasteiger partial charge >= 0.3 is 0 Å². The van der Waals surface area contributed by atoms with Crippen LogP contribution in [0.5, 0.6) is 5.75 Å². The molecule has 0 saturated carbocycles. The van der Waals surface area contributed by atoms with E-state index in [0.717, 1.165) is 29.6 Å². The summed E-state index contributed by atoms with van der Waals surface area (Å²) >= 11 is 0. The Hall–Kier alpha value is -2.80. The molecule has 3 rings (SSSR count). The van der Waals surface area contributed by atoms with Crippen LogP contribution in [-0.4, -0.2) is 31.8 Å². The smallest absolute Gasteiger partial charge is 0.258 e. The van der Waals surface area contributed by atoms with Crippen LogP contribution in [-0.2, 0) is 16.4 Å². The molecule has 0 bridgehead atoms. The summed E-state index contributed by atoms with van der Waals surface area (Å²) in [5.41, 5.74) is 2.85. The number of ether oxygens (including phenoxy) is 1. The number of carbonyl (C=O) groups is 1. The standard InChI is InChI=1S/C22H26N2O4S/c1-5-12-24-15(3)21(19-14-17(28-4)10-11-20(19)24)22(25)23-16-8-7-9-18(13-16)29(26,27)6-2/h7-11,13-14H,5-6,12H2,1-4H3,(H,23,25). The normalized spacial score (nSPS) is 11.6. The first kappa shape index (κ1) is 20.9. The molecule has 6 nitrogen and oxygen atoms in total. The fourth-order valence-corrected chi connectivity index (χ4v) is 4.44. The van der Waals surface area contributed by atoms with Crippen LogP contribution in [0.3, 0.4) is 0 Å². The van der Waals surface area contributed by atoms with Gasteiger partial charge in [-0.15, -0.1) is 0 Å². The Morgan fingerprint density at radius 1 is 1.14 bits per heavy atom. The highest BCUT2D eigenvalue weighted by Crippen LogP contribution is 2.30. The van der Waals surface area contributed by atoms with Crippen LogP contribution in [0.15, 0.2) is 47.4 Å². The van der Waals surface area contributed by atoms with Gasteiger partial charge in [0.2, 0.25) is 0 Å². The quantitative estimate of drug-likeness (QED) is 0.621. The molecule has 1 aromatic heterocycles. The van der Waals surface area contributed by atoms with Gasteiger partial charge in [-0.05, 0) is 49.7 Å². The number of hydrogen-bond acceptors (Lipinski definition) is 4. The van der Waals surface area contributed by atoms with Crippen molar-refractivity contribution in [1.82, 2.24) is 4.57 Å². The molecule has 1 heterocycles. The molecule has 0 spiro atoms. The molecule has 0 fully saturated rings. The van der Waals surface area contributed by atoms with Crippen molar-refractivity contribution < 1.29 is 17.9 Å². The number of rotatable bonds is 7. The zero-order valence-corrected chi connectivity index (χ0v) is 18.0. The van der Waals surface area contributed by atoms with E-state index in [-0.39, 0.29) is 16.6 Å². The highest BCUT2D eigenvalue weighted by Gasteiger charge is 2.21. The lowest BCUT2D eigenvalue weighted by molar-refractivity contribution is 0.102. The van der Waals surface area contributed by atoms with Crippen molar-refractivity contribution in [3.05, 3.63) is 53.7 Å². The minimum atomic E-state index is -3.35. The van der Waals surface area contributed by atoms with Crippen molar-refractivity contribution in [3.63, 3.8) is 0 Å². The number of methoxy groups -OCH3 is 1. The van der Waals surface area contributed by atoms with Gasteiger partial charge in [-0.3, -0.25) is 4.79 Å². The first-order valence-corrected chi connectivity index (χ1v) is 11.3. The predicted molar refractivity (Wildman–Crippen MR) is 116 cm³/mol. The molecule has 0 unspecified atom stereocenters. The SMILES string of the molecule is CCCn1c(C)c(C(=O)Nc2cccc(S(=O)(=O)CC)c2)c2cc(OC)ccc21. The van der Waals surface area contributed by atoms with Gasteiger partial charge in [0, 0.05) is 28.8 Å². The molecular formula is C22H26N2O4S. The molecule has 2 aromatic carbocycles. The van der Waals surface area contributed by atoms with E-state index < -0.39 is 9.84 Å². The number of sulfone groups is 1. The summed E-state index contributed by atoms with van der Waals surface area (Å²) in [4.78, 5) is 13.4. The molecule has 0 aliphatic carbocycles. The van der Waals surface area contributed by atoms with E-state index in [2.05, 4.69) is 16.8 Å². The Bertz CT molecular complexity index is 1160. The van der Waals surface area contributed by atoms with E-state index in [1.165, 1.54) is 12.1 Å². The van der Waals surface area contributed by atoms with Gasteiger partial charge in [0.1, 0.15) is 5.75 Å². The lowest BCUT2D eigenvalue weighted by atomic mass is 10.1. The lowest BCUT2D eigenvalue weighted by Gasteiger charge is -2.09. The Balaban J connectivity index is 2.06. The maximum atomic E-state index is 13.2. The largest absolute Gasteiger partial charge is 0.497 e. The van der Waals surface area contributed by atoms with Crippen molar-refractivity contribution in [1.29, 1.82) is 0 Å². The van der Waals surface area contributed by atoms with E-state index >= 15 is 0 Å². The number of aryl methyl sites for hydroxylation is 1. The first-order chi connectivity index (χ1) is 13.8. The molecule has 29 heavy (non-hydrogen) atoms. The maximum Gasteiger partial charge on any atom is 0.258 e. The highest BCUT2D eigenvalue weighted by atomic mass is 32.2. The van der Waals surface area contributed by atoms with Gasteiger partial charge in [-0.2, -0.15) is 0 Å². The zero-order valence-electron chi connectivity index (χ0n) is 17.2. The van der Waals surface area contributed by atoms with Gasteiger partial charge in [0.05, 0.1) is 23.3 Å². The molecule has 1 amide bonds. The summed E-state index contributed by atoms with van der Waals surface area (Å²) < 4.78 is 31.8. The third-order valence-electron chi connectivity index (χ3n) is 5.04. The molecule has 1 N–H and O–H groups in total. The van der Waals surface area contributed by atoms with E-state index in [4.69, 9.17) is 4.74 Å². The summed E-state index contributed by atoms with van der Waals surface area (Å²) in [6.07, 6.45) is 0.939. The Kier molecular flexibility index (Phi) is 5.98. The number of benzene rings is 2. The second-order valence-electron chi connectivity index (χ2n) is 6.88. The molecule has 0 aliphatic heterocycles. The summed E-state index contributed by atoms with van der Waals surface area (Å²) in [7, 11) is -1.75. The number of amides is 1. The van der Waals surface area contributed by atoms with E-state index in [0.29, 0.717) is 17.0 Å². The molecule has 3 aromatic rings. The van der Waals surface area contributed by atoms with Gasteiger partial charge < -0.3 is 14.6 Å². The summed E-state index contributed by atoms with van der Waals surface area (Å²) in [5, 5.41) is 3.67. The fourth-order valence-electron chi connectivity index (χ4n) is 3.51. The zero-order chi connectivity index (χ0) is 21.2. The second-order valence-corrected chi connectivity index (χ2v) is 9.16. The van der Waals surface area contributed by atoms with Crippen molar-refractivity contribution in [2.45, 2.75) is 38.6 Å². The molecule has 154 valence electrons. The third kappa shape index (κ3) is 4.00. The highest BCUT2D eigenvalue weighted by molar-refractivity contribution is 7.91. The maximum absolute atomic E-state index is 13.2. The summed E-state index contributed by atoms with van der Waals surface area (Å²) in [6.45, 7) is 6.41. The number of aromatic nitrogens is 1. The van der Waals surface area contributed by atoms with Crippen LogP contribution in [0.1, 0.15) is 36.3 Å². The van der Waals surface area contributed by atoms with Crippen molar-refractivity contribution in [2.24, 2.45) is 0 Å².